The molecule has 0 radical (unpaired) electrons. The van der Waals surface area contributed by atoms with Gasteiger partial charge in [0.25, 0.3) is 0 Å². The molecule has 2 aromatic carbocycles. The van der Waals surface area contributed by atoms with E-state index in [1.807, 2.05) is 24.3 Å². The highest BCUT2D eigenvalue weighted by Gasteiger charge is 2.19. The first kappa shape index (κ1) is 17.0. The van der Waals surface area contributed by atoms with Crippen LogP contribution in [-0.4, -0.2) is 17.7 Å². The summed E-state index contributed by atoms with van der Waals surface area (Å²) in [7, 11) is 0. The zero-order chi connectivity index (χ0) is 17.2. The van der Waals surface area contributed by atoms with Crippen molar-refractivity contribution in [3.8, 4) is 5.75 Å². The van der Waals surface area contributed by atoms with E-state index in [0.29, 0.717) is 6.61 Å². The zero-order valence-corrected chi connectivity index (χ0v) is 16.2. The second-order valence-electron chi connectivity index (χ2n) is 6.32. The predicted octanol–water partition coefficient (Wildman–Crippen LogP) is 5.17. The Morgan fingerprint density at radius 2 is 2.00 bits per heavy atom. The van der Waals surface area contributed by atoms with E-state index in [-0.39, 0.29) is 0 Å². The molecule has 1 aromatic heterocycles. The van der Waals surface area contributed by atoms with Crippen molar-refractivity contribution in [3.63, 3.8) is 0 Å². The van der Waals surface area contributed by atoms with Gasteiger partial charge >= 0.3 is 0 Å². The van der Waals surface area contributed by atoms with Crippen molar-refractivity contribution in [2.45, 2.75) is 25.9 Å². The number of fused-ring (bicyclic) bond motifs is 3. The Hall–Kier alpha value is -1.49. The summed E-state index contributed by atoms with van der Waals surface area (Å²) in [6, 6.07) is 14.1. The molecule has 0 amide bonds. The van der Waals surface area contributed by atoms with Crippen molar-refractivity contribution in [1.29, 1.82) is 0 Å². The molecule has 3 nitrogen and oxygen atoms in total. The molecule has 0 saturated carbocycles. The summed E-state index contributed by atoms with van der Waals surface area (Å²) in [4.78, 5) is 0. The molecule has 0 atom stereocenters. The minimum absolute atomic E-state index is 0.692. The van der Waals surface area contributed by atoms with Gasteiger partial charge in [0, 0.05) is 39.2 Å². The molecule has 0 unspecified atom stereocenters. The van der Waals surface area contributed by atoms with E-state index in [1.54, 1.807) is 0 Å². The number of halogens is 2. The molecule has 0 fully saturated rings. The number of nitrogens with zero attached hydrogens (tertiary/aromatic N) is 1. The highest BCUT2D eigenvalue weighted by molar-refractivity contribution is 9.10. The Morgan fingerprint density at radius 1 is 1.16 bits per heavy atom. The van der Waals surface area contributed by atoms with Gasteiger partial charge in [0.15, 0.2) is 0 Å². The predicted molar refractivity (Wildman–Crippen MR) is 107 cm³/mol. The van der Waals surface area contributed by atoms with Crippen molar-refractivity contribution < 1.29 is 4.74 Å². The van der Waals surface area contributed by atoms with Crippen LogP contribution in [0.15, 0.2) is 46.9 Å². The van der Waals surface area contributed by atoms with Crippen LogP contribution in [0.1, 0.15) is 17.7 Å². The van der Waals surface area contributed by atoms with Crippen LogP contribution in [0.3, 0.4) is 0 Å². The second-order valence-corrected chi connectivity index (χ2v) is 7.67. The van der Waals surface area contributed by atoms with Gasteiger partial charge in [-0.15, -0.1) is 0 Å². The molecule has 1 aliphatic rings. The van der Waals surface area contributed by atoms with E-state index in [0.717, 1.165) is 47.7 Å². The summed E-state index contributed by atoms with van der Waals surface area (Å²) in [5, 5.41) is 5.62. The van der Waals surface area contributed by atoms with Crippen molar-refractivity contribution in [2.24, 2.45) is 0 Å². The van der Waals surface area contributed by atoms with Crippen LogP contribution in [0.25, 0.3) is 10.9 Å². The summed E-state index contributed by atoms with van der Waals surface area (Å²) in [6.07, 6.45) is 2.06. The minimum atomic E-state index is 0.692. The maximum Gasteiger partial charge on any atom is 0.119 e. The number of rotatable bonds is 5. The smallest absolute Gasteiger partial charge is 0.119 e. The summed E-state index contributed by atoms with van der Waals surface area (Å²) in [6.45, 7) is 3.65. The van der Waals surface area contributed by atoms with Gasteiger partial charge in [0.05, 0.1) is 6.61 Å². The van der Waals surface area contributed by atoms with Crippen LogP contribution in [0.5, 0.6) is 5.75 Å². The third-order valence-corrected chi connectivity index (χ3v) is 5.45. The fraction of sp³-hybridized carbons (Fsp3) is 0.300. The molecule has 0 spiro atoms. The lowest BCUT2D eigenvalue weighted by Gasteiger charge is -2.17. The molecule has 1 aliphatic heterocycles. The lowest BCUT2D eigenvalue weighted by atomic mass is 10.1. The average Bonchev–Trinajstić information content (AvgIpc) is 2.93. The van der Waals surface area contributed by atoms with Crippen molar-refractivity contribution in [3.05, 3.63) is 63.2 Å². The molecule has 3 aromatic rings. The zero-order valence-electron chi connectivity index (χ0n) is 13.9. The van der Waals surface area contributed by atoms with E-state index in [2.05, 4.69) is 44.0 Å². The minimum Gasteiger partial charge on any atom is -0.494 e. The molecule has 4 rings (SSSR count). The normalized spacial score (nSPS) is 13.8. The highest BCUT2D eigenvalue weighted by Crippen LogP contribution is 2.31. The second kappa shape index (κ2) is 7.40. The highest BCUT2D eigenvalue weighted by atomic mass is 79.9. The standard InChI is InChI=1S/C20H20BrClN2O/c21-14-2-7-17-18-8-9-23-13-20(18)24(19(17)12-14)10-1-11-25-16-5-3-15(22)4-6-16/h2-7,12,23H,1,8-11,13H2. The van der Waals surface area contributed by atoms with Gasteiger partial charge in [-0.2, -0.15) is 0 Å². The van der Waals surface area contributed by atoms with Crippen molar-refractivity contribution in [1.82, 2.24) is 9.88 Å². The average molecular weight is 420 g/mol. The van der Waals surface area contributed by atoms with Crippen LogP contribution < -0.4 is 10.1 Å². The van der Waals surface area contributed by atoms with E-state index < -0.39 is 0 Å². The Bertz CT molecular complexity index is 889. The van der Waals surface area contributed by atoms with Crippen molar-refractivity contribution in [2.75, 3.05) is 13.2 Å². The van der Waals surface area contributed by atoms with Gasteiger partial charge in [-0.3, -0.25) is 0 Å². The largest absolute Gasteiger partial charge is 0.494 e. The molecule has 1 N–H and O–H groups in total. The first-order chi connectivity index (χ1) is 12.2. The van der Waals surface area contributed by atoms with Crippen molar-refractivity contribution >= 4 is 38.4 Å². The lowest BCUT2D eigenvalue weighted by Crippen LogP contribution is -2.25. The van der Waals surface area contributed by atoms with Crippen LogP contribution in [-0.2, 0) is 19.5 Å². The molecule has 2 heterocycles. The van der Waals surface area contributed by atoms with Gasteiger partial charge in [-0.1, -0.05) is 33.6 Å². The summed E-state index contributed by atoms with van der Waals surface area (Å²) in [5.41, 5.74) is 4.24. The molecular formula is C20H20BrClN2O. The topological polar surface area (TPSA) is 26.2 Å². The third kappa shape index (κ3) is 3.57. The number of ether oxygens (including phenoxy) is 1. The van der Waals surface area contributed by atoms with Crippen LogP contribution >= 0.6 is 27.5 Å². The summed E-state index contributed by atoms with van der Waals surface area (Å²) < 4.78 is 9.42. The van der Waals surface area contributed by atoms with E-state index in [4.69, 9.17) is 16.3 Å². The first-order valence-electron chi connectivity index (χ1n) is 8.61. The van der Waals surface area contributed by atoms with E-state index in [9.17, 15) is 0 Å². The van der Waals surface area contributed by atoms with Gasteiger partial charge in [0.1, 0.15) is 5.75 Å². The Morgan fingerprint density at radius 3 is 2.84 bits per heavy atom. The van der Waals surface area contributed by atoms with Gasteiger partial charge in [-0.25, -0.2) is 0 Å². The summed E-state index contributed by atoms with van der Waals surface area (Å²) >= 11 is 9.52. The molecule has 0 aliphatic carbocycles. The molecule has 0 bridgehead atoms. The Kier molecular flexibility index (Phi) is 5.02. The van der Waals surface area contributed by atoms with Crippen LogP contribution in [0, 0.1) is 0 Å². The number of hydrogen-bond donors (Lipinski definition) is 1. The van der Waals surface area contributed by atoms with E-state index in [1.165, 1.54) is 22.2 Å². The number of hydrogen-bond acceptors (Lipinski definition) is 2. The number of aromatic nitrogens is 1. The maximum atomic E-state index is 5.91. The number of nitrogens with one attached hydrogen (secondary N) is 1. The Labute approximate surface area is 161 Å². The fourth-order valence-corrected chi connectivity index (χ4v) is 4.02. The molecule has 130 valence electrons. The fourth-order valence-electron chi connectivity index (χ4n) is 3.55. The van der Waals surface area contributed by atoms with Gasteiger partial charge in [-0.05, 0) is 61.3 Å². The number of benzene rings is 2. The monoisotopic (exact) mass is 418 g/mol. The molecule has 0 saturated heterocycles. The van der Waals surface area contributed by atoms with Gasteiger partial charge in [0.2, 0.25) is 0 Å². The lowest BCUT2D eigenvalue weighted by molar-refractivity contribution is 0.301. The first-order valence-corrected chi connectivity index (χ1v) is 9.78. The molecule has 5 heteroatoms. The van der Waals surface area contributed by atoms with E-state index >= 15 is 0 Å². The van der Waals surface area contributed by atoms with Crippen LogP contribution in [0.2, 0.25) is 5.02 Å². The molecule has 25 heavy (non-hydrogen) atoms. The SMILES string of the molecule is Clc1ccc(OCCCn2c3c(c4ccc(Br)cc42)CCNC3)cc1. The van der Waals surface area contributed by atoms with Crippen LogP contribution in [0.4, 0.5) is 0 Å². The Balaban J connectivity index is 1.50. The molecular weight excluding hydrogens is 400 g/mol. The maximum absolute atomic E-state index is 5.91. The summed E-state index contributed by atoms with van der Waals surface area (Å²) in [5.74, 6) is 0.869. The quantitative estimate of drug-likeness (QED) is 0.577. The van der Waals surface area contributed by atoms with Gasteiger partial charge < -0.3 is 14.6 Å². The number of aryl methyl sites for hydroxylation is 1. The third-order valence-electron chi connectivity index (χ3n) is 4.70.